The van der Waals surface area contributed by atoms with Crippen molar-refractivity contribution in [2.75, 3.05) is 11.1 Å². The third-order valence-corrected chi connectivity index (χ3v) is 4.23. The highest BCUT2D eigenvalue weighted by Gasteiger charge is 2.06. The van der Waals surface area contributed by atoms with Gasteiger partial charge in [-0.05, 0) is 55.3 Å². The zero-order valence-corrected chi connectivity index (χ0v) is 12.9. The van der Waals surface area contributed by atoms with Crippen LogP contribution in [0.3, 0.4) is 0 Å². The lowest BCUT2D eigenvalue weighted by molar-refractivity contribution is 1.32. The van der Waals surface area contributed by atoms with E-state index in [1.165, 1.54) is 11.1 Å². The molecule has 0 saturated heterocycles. The molecule has 3 N–H and O–H groups in total. The first kappa shape index (κ1) is 13.6. The molecular formula is C17H17N3S. The molecule has 1 heterocycles. The van der Waals surface area contributed by atoms with Crippen LogP contribution in [0.4, 0.5) is 16.5 Å². The summed E-state index contributed by atoms with van der Waals surface area (Å²) >= 11 is 1.60. The first-order valence-electron chi connectivity index (χ1n) is 6.77. The van der Waals surface area contributed by atoms with E-state index in [0.717, 1.165) is 27.8 Å². The van der Waals surface area contributed by atoms with Gasteiger partial charge >= 0.3 is 0 Å². The van der Waals surface area contributed by atoms with E-state index in [4.69, 9.17) is 5.73 Å². The Morgan fingerprint density at radius 2 is 1.76 bits per heavy atom. The number of nitrogen functional groups attached to an aromatic ring is 1. The average Bonchev–Trinajstić information content (AvgIpc) is 2.93. The molecule has 0 saturated carbocycles. The Hall–Kier alpha value is -2.33. The second-order valence-electron chi connectivity index (χ2n) is 5.08. The molecule has 0 radical (unpaired) electrons. The van der Waals surface area contributed by atoms with Gasteiger partial charge in [0.2, 0.25) is 0 Å². The summed E-state index contributed by atoms with van der Waals surface area (Å²) in [6.07, 6.45) is 0. The smallest absolute Gasteiger partial charge is 0.187 e. The number of nitrogens with zero attached hydrogens (tertiary/aromatic N) is 1. The molecule has 1 aromatic heterocycles. The Morgan fingerprint density at radius 3 is 2.48 bits per heavy atom. The maximum atomic E-state index is 5.69. The summed E-state index contributed by atoms with van der Waals surface area (Å²) in [5, 5.41) is 6.25. The van der Waals surface area contributed by atoms with Gasteiger partial charge in [-0.25, -0.2) is 4.98 Å². The van der Waals surface area contributed by atoms with Crippen LogP contribution in [0.15, 0.2) is 47.8 Å². The largest absolute Gasteiger partial charge is 0.399 e. The van der Waals surface area contributed by atoms with Crippen molar-refractivity contribution >= 4 is 27.8 Å². The highest BCUT2D eigenvalue weighted by atomic mass is 32.1. The van der Waals surface area contributed by atoms with Crippen LogP contribution in [-0.4, -0.2) is 4.98 Å². The quantitative estimate of drug-likeness (QED) is 0.685. The highest BCUT2D eigenvalue weighted by Crippen LogP contribution is 2.28. The van der Waals surface area contributed by atoms with Crippen LogP contribution < -0.4 is 11.1 Å². The van der Waals surface area contributed by atoms with Crippen molar-refractivity contribution in [1.82, 2.24) is 4.98 Å². The number of rotatable bonds is 3. The van der Waals surface area contributed by atoms with E-state index in [0.29, 0.717) is 0 Å². The van der Waals surface area contributed by atoms with Gasteiger partial charge in [0.25, 0.3) is 0 Å². The predicted octanol–water partition coefficient (Wildman–Crippen LogP) is 4.75. The molecule has 3 aromatic rings. The van der Waals surface area contributed by atoms with Gasteiger partial charge in [0.15, 0.2) is 5.13 Å². The maximum Gasteiger partial charge on any atom is 0.187 e. The SMILES string of the molecule is Cc1ccc(-c2csc(Nc3ccc(N)cc3)n2)cc1C. The topological polar surface area (TPSA) is 50.9 Å². The lowest BCUT2D eigenvalue weighted by Crippen LogP contribution is -1.91. The molecule has 2 aromatic carbocycles. The number of nitrogens with two attached hydrogens (primary N) is 1. The van der Waals surface area contributed by atoms with Gasteiger partial charge in [0, 0.05) is 22.3 Å². The van der Waals surface area contributed by atoms with Crippen molar-refractivity contribution in [3.05, 3.63) is 59.0 Å². The highest BCUT2D eigenvalue weighted by molar-refractivity contribution is 7.14. The predicted molar refractivity (Wildman–Crippen MR) is 91.2 cm³/mol. The van der Waals surface area contributed by atoms with Crippen molar-refractivity contribution in [3.8, 4) is 11.3 Å². The lowest BCUT2D eigenvalue weighted by atomic mass is 10.1. The first-order valence-corrected chi connectivity index (χ1v) is 7.65. The Balaban J connectivity index is 1.82. The molecule has 4 heteroatoms. The van der Waals surface area contributed by atoms with Crippen molar-refractivity contribution in [2.24, 2.45) is 0 Å². The molecule has 21 heavy (non-hydrogen) atoms. The molecule has 3 nitrogen and oxygen atoms in total. The Labute approximate surface area is 128 Å². The molecule has 0 unspecified atom stereocenters. The van der Waals surface area contributed by atoms with Crippen molar-refractivity contribution in [2.45, 2.75) is 13.8 Å². The molecule has 0 fully saturated rings. The Kier molecular flexibility index (Phi) is 3.62. The molecule has 3 rings (SSSR count). The summed E-state index contributed by atoms with van der Waals surface area (Å²) in [6.45, 7) is 4.24. The van der Waals surface area contributed by atoms with Crippen molar-refractivity contribution in [3.63, 3.8) is 0 Å². The minimum absolute atomic E-state index is 0.760. The summed E-state index contributed by atoms with van der Waals surface area (Å²) in [6, 6.07) is 14.1. The molecule has 0 bridgehead atoms. The number of hydrogen-bond acceptors (Lipinski definition) is 4. The number of anilines is 3. The Bertz CT molecular complexity index is 760. The average molecular weight is 295 g/mol. The van der Waals surface area contributed by atoms with Crippen LogP contribution in [0.2, 0.25) is 0 Å². The molecule has 0 spiro atoms. The second-order valence-corrected chi connectivity index (χ2v) is 5.94. The van der Waals surface area contributed by atoms with Gasteiger partial charge in [0.05, 0.1) is 5.69 Å². The molecule has 106 valence electrons. The van der Waals surface area contributed by atoms with E-state index in [1.54, 1.807) is 11.3 Å². The lowest BCUT2D eigenvalue weighted by Gasteiger charge is -2.03. The molecule has 0 amide bonds. The number of thiazole rings is 1. The standard InChI is InChI=1S/C17H17N3S/c1-11-3-4-13(9-12(11)2)16-10-21-17(20-16)19-15-7-5-14(18)6-8-15/h3-10H,18H2,1-2H3,(H,19,20). The van der Waals surface area contributed by atoms with Crippen LogP contribution in [0.1, 0.15) is 11.1 Å². The normalized spacial score (nSPS) is 10.6. The maximum absolute atomic E-state index is 5.69. The zero-order chi connectivity index (χ0) is 14.8. The Morgan fingerprint density at radius 1 is 1.00 bits per heavy atom. The minimum atomic E-state index is 0.760. The number of hydrogen-bond donors (Lipinski definition) is 2. The van der Waals surface area contributed by atoms with Crippen molar-refractivity contribution < 1.29 is 0 Å². The third kappa shape index (κ3) is 3.06. The summed E-state index contributed by atoms with van der Waals surface area (Å²) < 4.78 is 0. The van der Waals surface area contributed by atoms with E-state index in [2.05, 4.69) is 47.7 Å². The van der Waals surface area contributed by atoms with Crippen LogP contribution >= 0.6 is 11.3 Å². The fraction of sp³-hybridized carbons (Fsp3) is 0.118. The summed E-state index contributed by atoms with van der Waals surface area (Å²) in [7, 11) is 0. The molecular weight excluding hydrogens is 278 g/mol. The number of benzene rings is 2. The van der Waals surface area contributed by atoms with Crippen LogP contribution in [0, 0.1) is 13.8 Å². The molecule has 0 atom stereocenters. The second kappa shape index (κ2) is 5.58. The van der Waals surface area contributed by atoms with Gasteiger partial charge in [0.1, 0.15) is 0 Å². The van der Waals surface area contributed by atoms with Crippen LogP contribution in [-0.2, 0) is 0 Å². The molecule has 0 aliphatic heterocycles. The van der Waals surface area contributed by atoms with Gasteiger partial charge in [-0.15, -0.1) is 11.3 Å². The fourth-order valence-electron chi connectivity index (χ4n) is 2.05. The summed E-state index contributed by atoms with van der Waals surface area (Å²) in [4.78, 5) is 4.65. The van der Waals surface area contributed by atoms with E-state index >= 15 is 0 Å². The molecule has 0 aliphatic rings. The molecule has 0 aliphatic carbocycles. The van der Waals surface area contributed by atoms with Crippen LogP contribution in [0.25, 0.3) is 11.3 Å². The fourth-order valence-corrected chi connectivity index (χ4v) is 2.79. The third-order valence-electron chi connectivity index (χ3n) is 3.47. The van der Waals surface area contributed by atoms with Gasteiger partial charge in [-0.1, -0.05) is 12.1 Å². The van der Waals surface area contributed by atoms with E-state index in [1.807, 2.05) is 24.3 Å². The van der Waals surface area contributed by atoms with Crippen LogP contribution in [0.5, 0.6) is 0 Å². The number of nitrogens with one attached hydrogen (secondary N) is 1. The summed E-state index contributed by atoms with van der Waals surface area (Å²) in [5.41, 5.74) is 12.2. The van der Waals surface area contributed by atoms with E-state index in [-0.39, 0.29) is 0 Å². The van der Waals surface area contributed by atoms with Gasteiger partial charge < -0.3 is 11.1 Å². The van der Waals surface area contributed by atoms with Crippen molar-refractivity contribution in [1.29, 1.82) is 0 Å². The summed E-state index contributed by atoms with van der Waals surface area (Å²) in [5.74, 6) is 0. The van der Waals surface area contributed by atoms with Gasteiger partial charge in [-0.3, -0.25) is 0 Å². The monoisotopic (exact) mass is 295 g/mol. The van der Waals surface area contributed by atoms with E-state index < -0.39 is 0 Å². The number of aromatic nitrogens is 1. The first-order chi connectivity index (χ1) is 10.1. The number of aryl methyl sites for hydroxylation is 2. The van der Waals surface area contributed by atoms with E-state index in [9.17, 15) is 0 Å². The van der Waals surface area contributed by atoms with Gasteiger partial charge in [-0.2, -0.15) is 0 Å². The zero-order valence-electron chi connectivity index (χ0n) is 12.1. The minimum Gasteiger partial charge on any atom is -0.399 e.